The summed E-state index contributed by atoms with van der Waals surface area (Å²) in [6.07, 6.45) is 1.41. The SMILES string of the molecule is CCn1cc([N+](=O)[O-])c(NCCOC)n1. The molecule has 1 heterocycles. The molecule has 15 heavy (non-hydrogen) atoms. The molecule has 1 rings (SSSR count). The van der Waals surface area contributed by atoms with Gasteiger partial charge in [0.2, 0.25) is 5.82 Å². The second-order valence-electron chi connectivity index (χ2n) is 2.90. The summed E-state index contributed by atoms with van der Waals surface area (Å²) in [5.41, 5.74) is -0.00652. The zero-order valence-corrected chi connectivity index (χ0v) is 8.77. The second kappa shape index (κ2) is 5.30. The van der Waals surface area contributed by atoms with Crippen LogP contribution >= 0.6 is 0 Å². The molecule has 0 aliphatic heterocycles. The van der Waals surface area contributed by atoms with Gasteiger partial charge in [-0.25, -0.2) is 0 Å². The normalized spacial score (nSPS) is 10.3. The molecular formula is C8H14N4O3. The van der Waals surface area contributed by atoms with Gasteiger partial charge in [-0.3, -0.25) is 14.8 Å². The van der Waals surface area contributed by atoms with Crippen molar-refractivity contribution in [3.05, 3.63) is 16.3 Å². The average molecular weight is 214 g/mol. The molecule has 0 unspecified atom stereocenters. The minimum Gasteiger partial charge on any atom is -0.383 e. The molecule has 0 fully saturated rings. The Hall–Kier alpha value is -1.63. The Morgan fingerprint density at radius 1 is 1.73 bits per heavy atom. The molecule has 1 N–H and O–H groups in total. The molecule has 7 heteroatoms. The van der Waals surface area contributed by atoms with Crippen LogP contribution in [0, 0.1) is 10.1 Å². The van der Waals surface area contributed by atoms with Gasteiger partial charge < -0.3 is 10.1 Å². The molecule has 0 aliphatic rings. The van der Waals surface area contributed by atoms with Crippen molar-refractivity contribution in [2.45, 2.75) is 13.5 Å². The van der Waals surface area contributed by atoms with E-state index in [0.29, 0.717) is 25.5 Å². The summed E-state index contributed by atoms with van der Waals surface area (Å²) in [7, 11) is 1.57. The highest BCUT2D eigenvalue weighted by Crippen LogP contribution is 2.21. The van der Waals surface area contributed by atoms with E-state index in [2.05, 4.69) is 10.4 Å². The van der Waals surface area contributed by atoms with E-state index >= 15 is 0 Å². The van der Waals surface area contributed by atoms with Gasteiger partial charge in [0.15, 0.2) is 0 Å². The molecule has 0 radical (unpaired) electrons. The van der Waals surface area contributed by atoms with Gasteiger partial charge >= 0.3 is 5.69 Å². The number of hydrogen-bond donors (Lipinski definition) is 1. The fourth-order valence-corrected chi connectivity index (χ4v) is 1.10. The first-order chi connectivity index (χ1) is 7.19. The molecule has 0 amide bonds. The van der Waals surface area contributed by atoms with E-state index in [1.807, 2.05) is 6.92 Å². The third kappa shape index (κ3) is 2.91. The largest absolute Gasteiger partial charge is 0.383 e. The number of methoxy groups -OCH3 is 1. The Morgan fingerprint density at radius 3 is 3.00 bits per heavy atom. The van der Waals surface area contributed by atoms with Crippen LogP contribution in [-0.4, -0.2) is 35.0 Å². The third-order valence-electron chi connectivity index (χ3n) is 1.86. The van der Waals surface area contributed by atoms with Crippen LogP contribution in [0.25, 0.3) is 0 Å². The van der Waals surface area contributed by atoms with Gasteiger partial charge in [0, 0.05) is 20.2 Å². The van der Waals surface area contributed by atoms with Crippen molar-refractivity contribution < 1.29 is 9.66 Å². The fraction of sp³-hybridized carbons (Fsp3) is 0.625. The zero-order valence-electron chi connectivity index (χ0n) is 8.77. The maximum atomic E-state index is 10.7. The number of aromatic nitrogens is 2. The highest BCUT2D eigenvalue weighted by Gasteiger charge is 2.18. The molecule has 84 valence electrons. The number of rotatable bonds is 6. The molecule has 0 aromatic carbocycles. The average Bonchev–Trinajstić information content (AvgIpc) is 2.62. The van der Waals surface area contributed by atoms with Crippen molar-refractivity contribution in [1.82, 2.24) is 9.78 Å². The first kappa shape index (κ1) is 11.4. The summed E-state index contributed by atoms with van der Waals surface area (Å²) in [6.45, 7) is 3.46. The lowest BCUT2D eigenvalue weighted by Gasteiger charge is -2.00. The number of hydrogen-bond acceptors (Lipinski definition) is 5. The summed E-state index contributed by atoms with van der Waals surface area (Å²) >= 11 is 0. The van der Waals surface area contributed by atoms with E-state index in [-0.39, 0.29) is 5.69 Å². The molecule has 0 saturated heterocycles. The van der Waals surface area contributed by atoms with Gasteiger partial charge in [-0.05, 0) is 6.92 Å². The molecule has 1 aromatic heterocycles. The Morgan fingerprint density at radius 2 is 2.47 bits per heavy atom. The predicted octanol–water partition coefficient (Wildman–Crippen LogP) is 0.869. The fourth-order valence-electron chi connectivity index (χ4n) is 1.10. The van der Waals surface area contributed by atoms with Crippen LogP contribution in [0.5, 0.6) is 0 Å². The maximum absolute atomic E-state index is 10.7. The summed E-state index contributed by atoms with van der Waals surface area (Å²) < 4.78 is 6.35. The number of ether oxygens (including phenoxy) is 1. The van der Waals surface area contributed by atoms with Crippen molar-refractivity contribution in [3.8, 4) is 0 Å². The molecule has 0 aliphatic carbocycles. The molecule has 0 saturated carbocycles. The highest BCUT2D eigenvalue weighted by atomic mass is 16.6. The molecule has 7 nitrogen and oxygen atoms in total. The minimum absolute atomic E-state index is 0.00652. The summed E-state index contributed by atoms with van der Waals surface area (Å²) in [5.74, 6) is 0.291. The summed E-state index contributed by atoms with van der Waals surface area (Å²) in [5, 5.41) is 17.5. The third-order valence-corrected chi connectivity index (χ3v) is 1.86. The zero-order chi connectivity index (χ0) is 11.3. The lowest BCUT2D eigenvalue weighted by molar-refractivity contribution is -0.384. The Kier molecular flexibility index (Phi) is 4.04. The number of nitrogens with zero attached hydrogens (tertiary/aromatic N) is 3. The first-order valence-electron chi connectivity index (χ1n) is 4.63. The maximum Gasteiger partial charge on any atom is 0.330 e. The van der Waals surface area contributed by atoms with Crippen LogP contribution < -0.4 is 5.32 Å². The van der Waals surface area contributed by atoms with Gasteiger partial charge in [0.05, 0.1) is 11.5 Å². The number of aryl methyl sites for hydroxylation is 1. The van der Waals surface area contributed by atoms with Crippen molar-refractivity contribution in [2.75, 3.05) is 25.6 Å². The monoisotopic (exact) mass is 214 g/mol. The molecule has 0 spiro atoms. The van der Waals surface area contributed by atoms with Gasteiger partial charge in [-0.15, -0.1) is 5.10 Å². The quantitative estimate of drug-likeness (QED) is 0.431. The minimum atomic E-state index is -0.450. The second-order valence-corrected chi connectivity index (χ2v) is 2.90. The van der Waals surface area contributed by atoms with Crippen LogP contribution in [-0.2, 0) is 11.3 Å². The van der Waals surface area contributed by atoms with E-state index < -0.39 is 4.92 Å². The topological polar surface area (TPSA) is 82.2 Å². The molecule has 0 atom stereocenters. The van der Waals surface area contributed by atoms with E-state index in [1.54, 1.807) is 7.11 Å². The summed E-state index contributed by atoms with van der Waals surface area (Å²) in [6, 6.07) is 0. The Labute approximate surface area is 87.2 Å². The van der Waals surface area contributed by atoms with Gasteiger partial charge in [0.1, 0.15) is 6.20 Å². The molecule has 0 bridgehead atoms. The van der Waals surface area contributed by atoms with Gasteiger partial charge in [-0.1, -0.05) is 0 Å². The smallest absolute Gasteiger partial charge is 0.330 e. The van der Waals surface area contributed by atoms with Crippen LogP contribution in [0.15, 0.2) is 6.20 Å². The first-order valence-corrected chi connectivity index (χ1v) is 4.63. The molecule has 1 aromatic rings. The standard InChI is InChI=1S/C8H14N4O3/c1-3-11-6-7(12(13)14)8(10-11)9-4-5-15-2/h6H,3-5H2,1-2H3,(H,9,10). The van der Waals surface area contributed by atoms with E-state index in [4.69, 9.17) is 4.74 Å². The Bertz CT molecular complexity index is 337. The number of anilines is 1. The van der Waals surface area contributed by atoms with Gasteiger partial charge in [-0.2, -0.15) is 0 Å². The van der Waals surface area contributed by atoms with Crippen molar-refractivity contribution >= 4 is 11.5 Å². The Balaban J connectivity index is 2.75. The highest BCUT2D eigenvalue weighted by molar-refractivity contribution is 5.54. The number of nitrogens with one attached hydrogen (secondary N) is 1. The van der Waals surface area contributed by atoms with E-state index in [0.717, 1.165) is 0 Å². The predicted molar refractivity (Wildman–Crippen MR) is 54.9 cm³/mol. The van der Waals surface area contributed by atoms with Crippen LogP contribution in [0.4, 0.5) is 11.5 Å². The van der Waals surface area contributed by atoms with Crippen molar-refractivity contribution in [1.29, 1.82) is 0 Å². The summed E-state index contributed by atoms with van der Waals surface area (Å²) in [4.78, 5) is 10.2. The van der Waals surface area contributed by atoms with E-state index in [1.165, 1.54) is 10.9 Å². The van der Waals surface area contributed by atoms with Crippen molar-refractivity contribution in [2.24, 2.45) is 0 Å². The van der Waals surface area contributed by atoms with Crippen LogP contribution in [0.3, 0.4) is 0 Å². The number of nitro groups is 1. The van der Waals surface area contributed by atoms with E-state index in [9.17, 15) is 10.1 Å². The van der Waals surface area contributed by atoms with Gasteiger partial charge in [0.25, 0.3) is 0 Å². The lowest BCUT2D eigenvalue weighted by Crippen LogP contribution is -2.09. The van der Waals surface area contributed by atoms with Crippen LogP contribution in [0.1, 0.15) is 6.92 Å². The van der Waals surface area contributed by atoms with Crippen LogP contribution in [0.2, 0.25) is 0 Å². The lowest BCUT2D eigenvalue weighted by atomic mass is 10.5. The molecular weight excluding hydrogens is 200 g/mol. The van der Waals surface area contributed by atoms with Crippen molar-refractivity contribution in [3.63, 3.8) is 0 Å².